The van der Waals surface area contributed by atoms with Crippen LogP contribution in [0.15, 0.2) is 46.1 Å². The van der Waals surface area contributed by atoms with Gasteiger partial charge in [0.15, 0.2) is 0 Å². The summed E-state index contributed by atoms with van der Waals surface area (Å²) < 4.78 is 43.9. The molecule has 0 saturated heterocycles. The van der Waals surface area contributed by atoms with Gasteiger partial charge in [0, 0.05) is 19.2 Å². The third-order valence-corrected chi connectivity index (χ3v) is 4.62. The summed E-state index contributed by atoms with van der Waals surface area (Å²) in [5.74, 6) is -0.420. The quantitative estimate of drug-likeness (QED) is 0.866. The van der Waals surface area contributed by atoms with E-state index in [0.29, 0.717) is 5.56 Å². The Hall–Kier alpha value is -1.66. The van der Waals surface area contributed by atoms with E-state index < -0.39 is 15.8 Å². The highest BCUT2D eigenvalue weighted by Gasteiger charge is 2.21. The van der Waals surface area contributed by atoms with Crippen LogP contribution in [0.3, 0.4) is 0 Å². The van der Waals surface area contributed by atoms with Crippen LogP contribution in [0.4, 0.5) is 4.39 Å². The first kappa shape index (κ1) is 13.8. The lowest BCUT2D eigenvalue weighted by Gasteiger charge is -2.16. The van der Waals surface area contributed by atoms with Gasteiger partial charge in [-0.2, -0.15) is 4.31 Å². The number of benzene rings is 1. The average Bonchev–Trinajstić information content (AvgIpc) is 2.85. The molecule has 1 aromatic heterocycles. The molecule has 1 aromatic carbocycles. The van der Waals surface area contributed by atoms with Crippen LogP contribution in [0.25, 0.3) is 0 Å². The Balaban J connectivity index is 2.28. The minimum absolute atomic E-state index is 0.0809. The number of aryl methyl sites for hydroxylation is 1. The molecule has 19 heavy (non-hydrogen) atoms. The van der Waals surface area contributed by atoms with E-state index in [0.717, 1.165) is 11.6 Å². The Morgan fingerprint density at radius 3 is 2.63 bits per heavy atom. The van der Waals surface area contributed by atoms with Crippen molar-refractivity contribution in [3.8, 4) is 0 Å². The molecule has 102 valence electrons. The lowest BCUT2D eigenvalue weighted by atomic mass is 10.2. The normalized spacial score (nSPS) is 12.0. The molecule has 1 heterocycles. The Morgan fingerprint density at radius 2 is 2.05 bits per heavy atom. The van der Waals surface area contributed by atoms with Gasteiger partial charge in [-0.15, -0.1) is 0 Å². The van der Waals surface area contributed by atoms with Gasteiger partial charge in [0.25, 0.3) is 0 Å². The zero-order valence-corrected chi connectivity index (χ0v) is 11.4. The standard InChI is InChI=1S/C13H14FNO3S/c1-10-7-12(3-4-13(10)14)19(16,17)15(2)8-11-5-6-18-9-11/h3-7,9H,8H2,1-2H3. The molecule has 0 saturated carbocycles. The Labute approximate surface area is 111 Å². The van der Waals surface area contributed by atoms with Crippen LogP contribution < -0.4 is 0 Å². The summed E-state index contributed by atoms with van der Waals surface area (Å²) in [5, 5.41) is 0. The van der Waals surface area contributed by atoms with Gasteiger partial charge in [-0.1, -0.05) is 0 Å². The van der Waals surface area contributed by atoms with Crippen molar-refractivity contribution in [2.75, 3.05) is 7.05 Å². The summed E-state index contributed by atoms with van der Waals surface area (Å²) in [4.78, 5) is 0.0809. The zero-order valence-electron chi connectivity index (χ0n) is 10.6. The fourth-order valence-corrected chi connectivity index (χ4v) is 2.93. The van der Waals surface area contributed by atoms with Crippen LogP contribution >= 0.6 is 0 Å². The van der Waals surface area contributed by atoms with E-state index in [9.17, 15) is 12.8 Å². The summed E-state index contributed by atoms with van der Waals surface area (Å²) in [5.41, 5.74) is 1.06. The third kappa shape index (κ3) is 2.85. The van der Waals surface area contributed by atoms with Crippen molar-refractivity contribution in [3.63, 3.8) is 0 Å². The van der Waals surface area contributed by atoms with Crippen molar-refractivity contribution in [2.24, 2.45) is 0 Å². The first-order chi connectivity index (χ1) is 8.91. The van der Waals surface area contributed by atoms with Gasteiger partial charge in [-0.25, -0.2) is 12.8 Å². The molecule has 0 radical (unpaired) electrons. The van der Waals surface area contributed by atoms with Crippen molar-refractivity contribution in [1.82, 2.24) is 4.31 Å². The first-order valence-corrected chi connectivity index (χ1v) is 7.09. The molecule has 0 fully saturated rings. The largest absolute Gasteiger partial charge is 0.472 e. The van der Waals surface area contributed by atoms with E-state index in [1.807, 2.05) is 0 Å². The van der Waals surface area contributed by atoms with Crippen LogP contribution in [-0.4, -0.2) is 19.8 Å². The molecule has 0 bridgehead atoms. The van der Waals surface area contributed by atoms with Gasteiger partial charge in [-0.05, 0) is 36.8 Å². The molecular weight excluding hydrogens is 269 g/mol. The van der Waals surface area contributed by atoms with Crippen LogP contribution in [0, 0.1) is 12.7 Å². The van der Waals surface area contributed by atoms with Gasteiger partial charge >= 0.3 is 0 Å². The van der Waals surface area contributed by atoms with Crippen molar-refractivity contribution in [1.29, 1.82) is 0 Å². The van der Waals surface area contributed by atoms with Crippen molar-refractivity contribution >= 4 is 10.0 Å². The maximum atomic E-state index is 13.2. The number of halogens is 1. The molecule has 0 aliphatic heterocycles. The summed E-state index contributed by atoms with van der Waals surface area (Å²) in [7, 11) is -2.16. The molecule has 0 aliphatic carbocycles. The summed E-state index contributed by atoms with van der Waals surface area (Å²) in [6, 6.07) is 5.45. The predicted molar refractivity (Wildman–Crippen MR) is 68.5 cm³/mol. The lowest BCUT2D eigenvalue weighted by molar-refractivity contribution is 0.463. The molecule has 4 nitrogen and oxygen atoms in total. The van der Waals surface area contributed by atoms with E-state index >= 15 is 0 Å². The van der Waals surface area contributed by atoms with Crippen molar-refractivity contribution in [3.05, 3.63) is 53.7 Å². The summed E-state index contributed by atoms with van der Waals surface area (Å²) in [6.45, 7) is 1.74. The zero-order chi connectivity index (χ0) is 14.0. The van der Waals surface area contributed by atoms with Gasteiger partial charge in [-0.3, -0.25) is 0 Å². The maximum absolute atomic E-state index is 13.2. The number of furan rings is 1. The van der Waals surface area contributed by atoms with Gasteiger partial charge in [0.1, 0.15) is 5.82 Å². The Bertz CT molecular complexity index is 665. The number of rotatable bonds is 4. The van der Waals surface area contributed by atoms with E-state index in [2.05, 4.69) is 0 Å². The van der Waals surface area contributed by atoms with Gasteiger partial charge in [0.2, 0.25) is 10.0 Å². The van der Waals surface area contributed by atoms with Gasteiger partial charge in [0.05, 0.1) is 17.4 Å². The van der Waals surface area contributed by atoms with Crippen LogP contribution in [0.5, 0.6) is 0 Å². The highest BCUT2D eigenvalue weighted by molar-refractivity contribution is 7.89. The fraction of sp³-hybridized carbons (Fsp3) is 0.231. The first-order valence-electron chi connectivity index (χ1n) is 5.65. The van der Waals surface area contributed by atoms with Crippen LogP contribution in [-0.2, 0) is 16.6 Å². The molecule has 0 spiro atoms. The number of hydrogen-bond acceptors (Lipinski definition) is 3. The van der Waals surface area contributed by atoms with E-state index in [4.69, 9.17) is 4.42 Å². The minimum atomic E-state index is -3.63. The summed E-state index contributed by atoms with van der Waals surface area (Å²) >= 11 is 0. The average molecular weight is 283 g/mol. The highest BCUT2D eigenvalue weighted by Crippen LogP contribution is 2.19. The number of sulfonamides is 1. The molecule has 6 heteroatoms. The predicted octanol–water partition coefficient (Wildman–Crippen LogP) is 2.55. The molecule has 2 rings (SSSR count). The highest BCUT2D eigenvalue weighted by atomic mass is 32.2. The topological polar surface area (TPSA) is 50.5 Å². The SMILES string of the molecule is Cc1cc(S(=O)(=O)N(C)Cc2ccoc2)ccc1F. The number of hydrogen-bond donors (Lipinski definition) is 0. The van der Waals surface area contributed by atoms with Crippen molar-refractivity contribution in [2.45, 2.75) is 18.4 Å². The van der Waals surface area contributed by atoms with E-state index in [-0.39, 0.29) is 11.4 Å². The van der Waals surface area contributed by atoms with E-state index in [1.54, 1.807) is 6.07 Å². The molecular formula is C13H14FNO3S. The van der Waals surface area contributed by atoms with Crippen LogP contribution in [0.2, 0.25) is 0 Å². The Kier molecular flexibility index (Phi) is 3.73. The molecule has 0 unspecified atom stereocenters. The summed E-state index contributed by atoms with van der Waals surface area (Å²) in [6.07, 6.45) is 2.97. The number of nitrogens with zero attached hydrogens (tertiary/aromatic N) is 1. The second-order valence-corrected chi connectivity index (χ2v) is 6.35. The molecule has 0 atom stereocenters. The smallest absolute Gasteiger partial charge is 0.243 e. The molecule has 0 aliphatic rings. The molecule has 2 aromatic rings. The molecule has 0 amide bonds. The second kappa shape index (κ2) is 5.14. The van der Waals surface area contributed by atoms with Gasteiger partial charge < -0.3 is 4.42 Å². The third-order valence-electron chi connectivity index (χ3n) is 2.82. The monoisotopic (exact) mass is 283 g/mol. The lowest BCUT2D eigenvalue weighted by Crippen LogP contribution is -2.26. The minimum Gasteiger partial charge on any atom is -0.472 e. The molecule has 0 N–H and O–H groups in total. The second-order valence-electron chi connectivity index (χ2n) is 4.30. The van der Waals surface area contributed by atoms with Crippen molar-refractivity contribution < 1.29 is 17.2 Å². The maximum Gasteiger partial charge on any atom is 0.243 e. The Morgan fingerprint density at radius 1 is 1.32 bits per heavy atom. The van der Waals surface area contributed by atoms with Crippen LogP contribution in [0.1, 0.15) is 11.1 Å². The van der Waals surface area contributed by atoms with E-state index in [1.165, 1.54) is 42.9 Å². The fourth-order valence-electron chi connectivity index (χ4n) is 1.68.